The zero-order valence-corrected chi connectivity index (χ0v) is 17.7. The Hall–Kier alpha value is -2.70. The summed E-state index contributed by atoms with van der Waals surface area (Å²) in [6.45, 7) is 2.37. The Morgan fingerprint density at radius 2 is 2.03 bits per heavy atom. The summed E-state index contributed by atoms with van der Waals surface area (Å²) in [5.41, 5.74) is 6.30. The number of carbonyl (C=O) groups is 1. The number of hydrogen-bond acceptors (Lipinski definition) is 4. The van der Waals surface area contributed by atoms with E-state index in [1.165, 1.54) is 30.5 Å². The first kappa shape index (κ1) is 18.1. The molecule has 3 heterocycles. The van der Waals surface area contributed by atoms with Gasteiger partial charge in [0.2, 0.25) is 5.91 Å². The number of aromatic nitrogens is 5. The topological polar surface area (TPSA) is 90.6 Å². The van der Waals surface area contributed by atoms with Crippen LogP contribution < -0.4 is 4.90 Å². The third kappa shape index (κ3) is 2.71. The van der Waals surface area contributed by atoms with Gasteiger partial charge in [0.25, 0.3) is 0 Å². The smallest absolute Gasteiger partial charge is 0.229 e. The van der Waals surface area contributed by atoms with Gasteiger partial charge in [-0.25, -0.2) is 9.97 Å². The number of nitrogens with zero attached hydrogens (tertiary/aromatic N) is 4. The zero-order valence-electron chi connectivity index (χ0n) is 17.7. The van der Waals surface area contributed by atoms with Gasteiger partial charge in [-0.15, -0.1) is 0 Å². The van der Waals surface area contributed by atoms with Crippen molar-refractivity contribution in [1.82, 2.24) is 25.1 Å². The van der Waals surface area contributed by atoms with Crippen LogP contribution in [0.1, 0.15) is 69.0 Å². The number of aromatic amines is 2. The van der Waals surface area contributed by atoms with Crippen molar-refractivity contribution in [2.75, 3.05) is 11.9 Å². The number of imidazole rings is 1. The van der Waals surface area contributed by atoms with Gasteiger partial charge in [-0.05, 0) is 49.5 Å². The highest BCUT2D eigenvalue weighted by molar-refractivity contribution is 5.95. The van der Waals surface area contributed by atoms with Crippen molar-refractivity contribution in [3.63, 3.8) is 0 Å². The van der Waals surface area contributed by atoms with Gasteiger partial charge in [0.15, 0.2) is 11.5 Å². The third-order valence-corrected chi connectivity index (χ3v) is 7.59. The summed E-state index contributed by atoms with van der Waals surface area (Å²) in [5.74, 6) is 1.69. The van der Waals surface area contributed by atoms with E-state index in [-0.39, 0.29) is 11.8 Å². The molecule has 0 unspecified atom stereocenters. The summed E-state index contributed by atoms with van der Waals surface area (Å²) in [6, 6.07) is 1.99. The molecule has 2 bridgehead atoms. The monoisotopic (exact) mass is 404 g/mol. The van der Waals surface area contributed by atoms with E-state index in [4.69, 9.17) is 4.98 Å². The quantitative estimate of drug-likeness (QED) is 0.680. The number of H-pyrrole nitrogens is 2. The molecule has 7 rings (SSSR count). The van der Waals surface area contributed by atoms with Crippen molar-refractivity contribution in [3.05, 3.63) is 23.5 Å². The van der Waals surface area contributed by atoms with Crippen LogP contribution in [0.2, 0.25) is 0 Å². The molecule has 3 aromatic heterocycles. The fraction of sp³-hybridized carbons (Fsp3) is 0.565. The van der Waals surface area contributed by atoms with E-state index in [0.29, 0.717) is 17.0 Å². The van der Waals surface area contributed by atoms with Crippen LogP contribution in [0.15, 0.2) is 12.3 Å². The van der Waals surface area contributed by atoms with Crippen LogP contribution in [0.3, 0.4) is 0 Å². The van der Waals surface area contributed by atoms with Crippen LogP contribution in [0.25, 0.3) is 22.7 Å². The summed E-state index contributed by atoms with van der Waals surface area (Å²) in [7, 11) is 1.86. The maximum atomic E-state index is 12.9. The summed E-state index contributed by atoms with van der Waals surface area (Å²) in [4.78, 5) is 27.3. The van der Waals surface area contributed by atoms with E-state index in [9.17, 15) is 4.79 Å². The Morgan fingerprint density at radius 1 is 1.23 bits per heavy atom. The largest absolute Gasteiger partial charge is 0.335 e. The Bertz CT molecular complexity index is 1130. The molecular formula is C23H28N6O. The highest BCUT2D eigenvalue weighted by Crippen LogP contribution is 2.59. The number of carbonyl (C=O) groups excluding carboxylic acids is 1. The van der Waals surface area contributed by atoms with E-state index >= 15 is 0 Å². The van der Waals surface area contributed by atoms with Gasteiger partial charge in [0.05, 0.1) is 17.4 Å². The number of amides is 1. The van der Waals surface area contributed by atoms with Crippen molar-refractivity contribution >= 4 is 22.8 Å². The van der Waals surface area contributed by atoms with Crippen molar-refractivity contribution < 1.29 is 4.79 Å². The molecule has 30 heavy (non-hydrogen) atoms. The van der Waals surface area contributed by atoms with E-state index < -0.39 is 0 Å². The van der Waals surface area contributed by atoms with E-state index in [2.05, 4.69) is 27.1 Å². The van der Waals surface area contributed by atoms with E-state index in [0.717, 1.165) is 54.8 Å². The van der Waals surface area contributed by atoms with Crippen molar-refractivity contribution in [2.24, 2.45) is 11.3 Å². The summed E-state index contributed by atoms with van der Waals surface area (Å²) in [6.07, 6.45) is 10.9. The van der Waals surface area contributed by atoms with Crippen LogP contribution in [0.5, 0.6) is 0 Å². The van der Waals surface area contributed by atoms with Gasteiger partial charge in [-0.1, -0.05) is 26.2 Å². The first-order chi connectivity index (χ1) is 14.5. The predicted octanol–water partition coefficient (Wildman–Crippen LogP) is 4.33. The first-order valence-corrected chi connectivity index (χ1v) is 11.2. The second kappa shape index (κ2) is 6.40. The van der Waals surface area contributed by atoms with Crippen LogP contribution in [-0.2, 0) is 11.2 Å². The molecule has 4 aliphatic rings. The minimum Gasteiger partial charge on any atom is -0.335 e. The second-order valence-electron chi connectivity index (χ2n) is 9.94. The van der Waals surface area contributed by atoms with E-state index in [1.54, 1.807) is 11.1 Å². The molecule has 2 saturated carbocycles. The molecule has 2 N–H and O–H groups in total. The Labute approximate surface area is 175 Å². The fourth-order valence-electron chi connectivity index (χ4n) is 5.98. The van der Waals surface area contributed by atoms with Gasteiger partial charge in [0, 0.05) is 24.2 Å². The zero-order chi connectivity index (χ0) is 20.5. The molecule has 7 nitrogen and oxygen atoms in total. The second-order valence-corrected chi connectivity index (χ2v) is 9.94. The number of pyridine rings is 1. The minimum absolute atomic E-state index is 0.139. The molecule has 7 heteroatoms. The standard InChI is InChI=1S/C23H28N6O/c1-23-9-14(10-23)18-17(11-23)27-28-19(18)21-25-16-8-15(12-24-20(16)26-21)29(2)22(30)13-6-4-3-5-7-13/h8,12-14H,3-7,9-11H2,1-2H3,(H,27,28)(H,24,25,26)/t14-,23+. The molecule has 0 atom stereocenters. The molecule has 1 amide bonds. The first-order valence-electron chi connectivity index (χ1n) is 11.2. The number of hydrogen-bond donors (Lipinski definition) is 2. The lowest BCUT2D eigenvalue weighted by molar-refractivity contribution is -0.123. The van der Waals surface area contributed by atoms with Crippen LogP contribution in [0.4, 0.5) is 5.69 Å². The summed E-state index contributed by atoms with van der Waals surface area (Å²) in [5, 5.41) is 7.86. The molecule has 2 fully saturated rings. The fourth-order valence-corrected chi connectivity index (χ4v) is 5.98. The number of anilines is 1. The molecule has 0 saturated heterocycles. The van der Waals surface area contributed by atoms with Crippen LogP contribution in [-0.4, -0.2) is 38.1 Å². The van der Waals surface area contributed by atoms with Crippen molar-refractivity contribution in [1.29, 1.82) is 0 Å². The van der Waals surface area contributed by atoms with Gasteiger partial charge in [-0.2, -0.15) is 5.10 Å². The average Bonchev–Trinajstić information content (AvgIpc) is 3.35. The molecule has 0 aromatic carbocycles. The van der Waals surface area contributed by atoms with Crippen LogP contribution >= 0.6 is 0 Å². The number of rotatable bonds is 3. The maximum Gasteiger partial charge on any atom is 0.229 e. The predicted molar refractivity (Wildman–Crippen MR) is 115 cm³/mol. The normalized spacial score (nSPS) is 25.7. The minimum atomic E-state index is 0.139. The average molecular weight is 405 g/mol. The molecule has 4 aliphatic carbocycles. The Kier molecular flexibility index (Phi) is 3.86. The van der Waals surface area contributed by atoms with Crippen molar-refractivity contribution in [2.45, 2.75) is 64.2 Å². The third-order valence-electron chi connectivity index (χ3n) is 7.59. The summed E-state index contributed by atoms with van der Waals surface area (Å²) < 4.78 is 0. The molecule has 0 spiro atoms. The van der Waals surface area contributed by atoms with Gasteiger partial charge in [-0.3, -0.25) is 9.89 Å². The van der Waals surface area contributed by atoms with Gasteiger partial charge < -0.3 is 9.88 Å². The number of fused-ring (bicyclic) bond motifs is 1. The molecule has 3 aromatic rings. The highest BCUT2D eigenvalue weighted by atomic mass is 16.2. The lowest BCUT2D eigenvalue weighted by Crippen LogP contribution is -2.40. The number of nitrogens with one attached hydrogen (secondary N) is 2. The van der Waals surface area contributed by atoms with Crippen molar-refractivity contribution in [3.8, 4) is 11.5 Å². The lowest BCUT2D eigenvalue weighted by Gasteiger charge is -2.50. The molecular weight excluding hydrogens is 376 g/mol. The van der Waals surface area contributed by atoms with Gasteiger partial charge >= 0.3 is 0 Å². The maximum absolute atomic E-state index is 12.9. The van der Waals surface area contributed by atoms with E-state index in [1.807, 2.05) is 13.1 Å². The Morgan fingerprint density at radius 3 is 2.83 bits per heavy atom. The summed E-state index contributed by atoms with van der Waals surface area (Å²) >= 11 is 0. The van der Waals surface area contributed by atoms with Crippen LogP contribution in [0, 0.1) is 11.3 Å². The molecule has 0 aliphatic heterocycles. The lowest BCUT2D eigenvalue weighted by atomic mass is 9.54. The molecule has 156 valence electrons. The molecule has 0 radical (unpaired) electrons. The highest BCUT2D eigenvalue weighted by Gasteiger charge is 2.48. The van der Waals surface area contributed by atoms with Gasteiger partial charge in [0.1, 0.15) is 5.69 Å². The SMILES string of the molecule is CN(C(=O)C1CCCCC1)c1cnc2nc(-c3n[nH]c4c3[C@H]3C[C@@](C)(C4)C3)[nH]c2c1. The Balaban J connectivity index is 1.31.